The van der Waals surface area contributed by atoms with E-state index in [1.54, 1.807) is 24.4 Å². The molecule has 1 aromatic carbocycles. The van der Waals surface area contributed by atoms with E-state index in [4.69, 9.17) is 23.2 Å². The summed E-state index contributed by atoms with van der Waals surface area (Å²) in [6.07, 6.45) is 1.70. The van der Waals surface area contributed by atoms with Crippen molar-refractivity contribution in [1.82, 2.24) is 4.98 Å². The lowest BCUT2D eigenvalue weighted by Gasteiger charge is -2.08. The first-order valence-electron chi connectivity index (χ1n) is 4.93. The molecule has 0 radical (unpaired) electrons. The van der Waals surface area contributed by atoms with Crippen molar-refractivity contribution in [2.24, 2.45) is 0 Å². The minimum Gasteiger partial charge on any atom is -0.323 e. The second-order valence-corrected chi connectivity index (χ2v) is 6.16. The van der Waals surface area contributed by atoms with E-state index in [9.17, 15) is 4.79 Å². The first kappa shape index (κ1) is 13.7. The molecule has 94 valence electrons. The SMILES string of the molecule is O=C(CSc1nccs1)Nc1c(Cl)cccc1Cl. The molecular formula is C11H8Cl2N2OS2. The topological polar surface area (TPSA) is 42.0 Å². The van der Waals surface area contributed by atoms with E-state index in [2.05, 4.69) is 10.3 Å². The van der Waals surface area contributed by atoms with E-state index >= 15 is 0 Å². The van der Waals surface area contributed by atoms with Gasteiger partial charge in [-0.15, -0.1) is 11.3 Å². The van der Waals surface area contributed by atoms with Crippen LogP contribution < -0.4 is 5.32 Å². The Bertz CT molecular complexity index is 526. The molecule has 0 aliphatic rings. The van der Waals surface area contributed by atoms with Gasteiger partial charge < -0.3 is 5.32 Å². The maximum absolute atomic E-state index is 11.7. The maximum Gasteiger partial charge on any atom is 0.234 e. The third kappa shape index (κ3) is 3.62. The molecule has 2 rings (SSSR count). The van der Waals surface area contributed by atoms with E-state index in [-0.39, 0.29) is 11.7 Å². The number of nitrogens with one attached hydrogen (secondary N) is 1. The number of halogens is 2. The zero-order chi connectivity index (χ0) is 13.0. The molecule has 0 atom stereocenters. The van der Waals surface area contributed by atoms with Crippen LogP contribution >= 0.6 is 46.3 Å². The number of hydrogen-bond donors (Lipinski definition) is 1. The van der Waals surface area contributed by atoms with Gasteiger partial charge in [0.15, 0.2) is 0 Å². The molecule has 18 heavy (non-hydrogen) atoms. The minimum atomic E-state index is -0.162. The Morgan fingerprint density at radius 1 is 1.39 bits per heavy atom. The highest BCUT2D eigenvalue weighted by Crippen LogP contribution is 2.30. The van der Waals surface area contributed by atoms with Crippen LogP contribution in [0.15, 0.2) is 34.1 Å². The van der Waals surface area contributed by atoms with E-state index in [0.29, 0.717) is 15.7 Å². The summed E-state index contributed by atoms with van der Waals surface area (Å²) in [7, 11) is 0. The Labute approximate surface area is 123 Å². The minimum absolute atomic E-state index is 0.162. The summed E-state index contributed by atoms with van der Waals surface area (Å²) >= 11 is 14.8. The van der Waals surface area contributed by atoms with Gasteiger partial charge in [0, 0.05) is 11.6 Å². The highest BCUT2D eigenvalue weighted by molar-refractivity contribution is 8.01. The normalized spacial score (nSPS) is 10.3. The number of aromatic nitrogens is 1. The second kappa shape index (κ2) is 6.43. The number of benzene rings is 1. The van der Waals surface area contributed by atoms with Crippen molar-refractivity contribution in [1.29, 1.82) is 0 Å². The fourth-order valence-electron chi connectivity index (χ4n) is 1.20. The number of hydrogen-bond acceptors (Lipinski definition) is 4. The molecule has 2 aromatic rings. The lowest BCUT2D eigenvalue weighted by atomic mass is 10.3. The van der Waals surface area contributed by atoms with Gasteiger partial charge in [-0.2, -0.15) is 0 Å². The predicted molar refractivity (Wildman–Crippen MR) is 77.9 cm³/mol. The summed E-state index contributed by atoms with van der Waals surface area (Å²) in [6, 6.07) is 5.08. The zero-order valence-corrected chi connectivity index (χ0v) is 12.2. The highest BCUT2D eigenvalue weighted by Gasteiger charge is 2.10. The average Bonchev–Trinajstić information content (AvgIpc) is 2.84. The molecule has 0 saturated heterocycles. The van der Waals surface area contributed by atoms with Crippen LogP contribution in [0, 0.1) is 0 Å². The molecule has 0 saturated carbocycles. The molecule has 1 heterocycles. The van der Waals surface area contributed by atoms with Crippen LogP contribution in [-0.4, -0.2) is 16.6 Å². The molecular weight excluding hydrogens is 311 g/mol. The van der Waals surface area contributed by atoms with Crippen LogP contribution in [0.2, 0.25) is 10.0 Å². The van der Waals surface area contributed by atoms with Crippen molar-refractivity contribution in [2.75, 3.05) is 11.1 Å². The number of thioether (sulfide) groups is 1. The van der Waals surface area contributed by atoms with Gasteiger partial charge in [-0.1, -0.05) is 41.0 Å². The van der Waals surface area contributed by atoms with E-state index in [1.807, 2.05) is 5.38 Å². The van der Waals surface area contributed by atoms with Gasteiger partial charge in [-0.05, 0) is 12.1 Å². The number of anilines is 1. The maximum atomic E-state index is 11.7. The highest BCUT2D eigenvalue weighted by atomic mass is 35.5. The summed E-state index contributed by atoms with van der Waals surface area (Å²) in [6.45, 7) is 0. The molecule has 1 aromatic heterocycles. The number of amides is 1. The number of para-hydroxylation sites is 1. The third-order valence-corrected chi connectivity index (χ3v) is 4.56. The Hall–Kier alpha value is -0.750. The fourth-order valence-corrected chi connectivity index (χ4v) is 3.13. The third-order valence-electron chi connectivity index (χ3n) is 1.96. The molecule has 0 aliphatic heterocycles. The number of rotatable bonds is 4. The quantitative estimate of drug-likeness (QED) is 0.860. The van der Waals surface area contributed by atoms with E-state index in [0.717, 1.165) is 4.34 Å². The van der Waals surface area contributed by atoms with Gasteiger partial charge in [0.2, 0.25) is 5.91 Å². The smallest absolute Gasteiger partial charge is 0.234 e. The molecule has 0 fully saturated rings. The van der Waals surface area contributed by atoms with Crippen molar-refractivity contribution < 1.29 is 4.79 Å². The summed E-state index contributed by atoms with van der Waals surface area (Å²) in [5, 5.41) is 5.41. The standard InChI is InChI=1S/C11H8Cl2N2OS2/c12-7-2-1-3-8(13)10(7)15-9(16)6-18-11-14-4-5-17-11/h1-5H,6H2,(H,15,16). The Kier molecular flexibility index (Phi) is 4.88. The van der Waals surface area contributed by atoms with Crippen LogP contribution in [0.5, 0.6) is 0 Å². The van der Waals surface area contributed by atoms with Crippen LogP contribution in [0.1, 0.15) is 0 Å². The molecule has 1 amide bonds. The van der Waals surface area contributed by atoms with Crippen LogP contribution in [0.4, 0.5) is 5.69 Å². The Balaban J connectivity index is 1.95. The average molecular weight is 319 g/mol. The fraction of sp³-hybridized carbons (Fsp3) is 0.0909. The number of thiazole rings is 1. The Morgan fingerprint density at radius 3 is 2.72 bits per heavy atom. The summed E-state index contributed by atoms with van der Waals surface area (Å²) in [5.74, 6) is 0.111. The van der Waals surface area contributed by atoms with Crippen molar-refractivity contribution in [2.45, 2.75) is 4.34 Å². The van der Waals surface area contributed by atoms with Crippen LogP contribution in [0.3, 0.4) is 0 Å². The summed E-state index contributed by atoms with van der Waals surface area (Å²) in [4.78, 5) is 15.8. The first-order valence-corrected chi connectivity index (χ1v) is 7.55. The zero-order valence-electron chi connectivity index (χ0n) is 9.02. The molecule has 0 bridgehead atoms. The number of carbonyl (C=O) groups excluding carboxylic acids is 1. The monoisotopic (exact) mass is 318 g/mol. The molecule has 1 N–H and O–H groups in total. The van der Waals surface area contributed by atoms with Crippen LogP contribution in [0.25, 0.3) is 0 Å². The van der Waals surface area contributed by atoms with Crippen molar-refractivity contribution in [3.05, 3.63) is 39.8 Å². The molecule has 7 heteroatoms. The van der Waals surface area contributed by atoms with Gasteiger partial charge in [0.1, 0.15) is 4.34 Å². The molecule has 0 aliphatic carbocycles. The first-order chi connectivity index (χ1) is 8.66. The summed E-state index contributed by atoms with van der Waals surface area (Å²) < 4.78 is 0.857. The lowest BCUT2D eigenvalue weighted by Crippen LogP contribution is -2.14. The molecule has 0 unspecified atom stereocenters. The van der Waals surface area contributed by atoms with Gasteiger partial charge in [0.25, 0.3) is 0 Å². The predicted octanol–water partition coefficient (Wildman–Crippen LogP) is 4.18. The molecule has 3 nitrogen and oxygen atoms in total. The summed E-state index contributed by atoms with van der Waals surface area (Å²) in [5.41, 5.74) is 0.450. The van der Waals surface area contributed by atoms with Crippen molar-refractivity contribution in [3.8, 4) is 0 Å². The largest absolute Gasteiger partial charge is 0.323 e. The van der Waals surface area contributed by atoms with E-state index < -0.39 is 0 Å². The van der Waals surface area contributed by atoms with E-state index in [1.165, 1.54) is 23.1 Å². The lowest BCUT2D eigenvalue weighted by molar-refractivity contribution is -0.113. The van der Waals surface area contributed by atoms with Crippen molar-refractivity contribution >= 4 is 57.9 Å². The van der Waals surface area contributed by atoms with Gasteiger partial charge >= 0.3 is 0 Å². The van der Waals surface area contributed by atoms with Crippen molar-refractivity contribution in [3.63, 3.8) is 0 Å². The number of carbonyl (C=O) groups is 1. The van der Waals surface area contributed by atoms with Crippen LogP contribution in [-0.2, 0) is 4.79 Å². The number of nitrogens with zero attached hydrogens (tertiary/aromatic N) is 1. The van der Waals surface area contributed by atoms with Gasteiger partial charge in [-0.3, -0.25) is 4.79 Å². The Morgan fingerprint density at radius 2 is 2.11 bits per heavy atom. The van der Waals surface area contributed by atoms with Gasteiger partial charge in [-0.25, -0.2) is 4.98 Å². The second-order valence-electron chi connectivity index (χ2n) is 3.23. The van der Waals surface area contributed by atoms with Gasteiger partial charge in [0.05, 0.1) is 21.5 Å². The molecule has 0 spiro atoms.